The van der Waals surface area contributed by atoms with Crippen LogP contribution in [-0.4, -0.2) is 30.1 Å². The van der Waals surface area contributed by atoms with Crippen LogP contribution in [0.3, 0.4) is 0 Å². The summed E-state index contributed by atoms with van der Waals surface area (Å²) in [5.74, 6) is 0.0626. The topological polar surface area (TPSA) is 56.8 Å². The maximum Gasteiger partial charge on any atom is 0.407 e. The number of rotatable bonds is 6. The Kier molecular flexibility index (Phi) is 5.77. The van der Waals surface area contributed by atoms with Crippen molar-refractivity contribution in [1.82, 2.24) is 5.32 Å². The van der Waals surface area contributed by atoms with Crippen molar-refractivity contribution in [1.29, 1.82) is 0 Å². The molecule has 1 aromatic carbocycles. The van der Waals surface area contributed by atoms with Crippen molar-refractivity contribution in [2.24, 2.45) is 5.92 Å². The van der Waals surface area contributed by atoms with E-state index in [-0.39, 0.29) is 36.5 Å². The van der Waals surface area contributed by atoms with Crippen LogP contribution < -0.4 is 5.32 Å². The summed E-state index contributed by atoms with van der Waals surface area (Å²) >= 11 is 4.91. The number of thiocarbonyl (C=S) groups is 1. The molecule has 0 bridgehead atoms. The molecule has 1 aliphatic heterocycles. The van der Waals surface area contributed by atoms with Gasteiger partial charge in [-0.25, -0.2) is 4.79 Å². The number of alkyl carbamates (subject to hydrolysis) is 1. The van der Waals surface area contributed by atoms with Gasteiger partial charge in [0.25, 0.3) is 0 Å². The summed E-state index contributed by atoms with van der Waals surface area (Å²) in [5.41, 5.74) is 0.928. The largest absolute Gasteiger partial charge is 0.449 e. The molecule has 6 heteroatoms. The lowest BCUT2D eigenvalue weighted by atomic mass is 10.00. The second-order valence-corrected chi connectivity index (χ2v) is 5.36. The van der Waals surface area contributed by atoms with E-state index in [0.717, 1.165) is 5.56 Å². The molecular formula is C16H19NO4S. The number of hydrogen-bond donors (Lipinski definition) is 1. The standard InChI is InChI=1S/C16H19NO4S/c1-3-11(2)14-13(20-16(22)21-14)9-17-15(18)19-10-12-7-5-4-6-8-12/h3-8,11,13-14H,1,9-10H2,2H3,(H,17,18)/t11-,13-,14-/m0/s1. The van der Waals surface area contributed by atoms with E-state index in [1.807, 2.05) is 37.3 Å². The number of ether oxygens (including phenoxy) is 3. The highest BCUT2D eigenvalue weighted by Gasteiger charge is 2.37. The molecule has 3 atom stereocenters. The van der Waals surface area contributed by atoms with Gasteiger partial charge in [-0.3, -0.25) is 0 Å². The maximum absolute atomic E-state index is 11.7. The van der Waals surface area contributed by atoms with Crippen molar-refractivity contribution >= 4 is 23.5 Å². The SMILES string of the molecule is C=C[C@H](C)[C@@H]1OC(=S)O[C@H]1CNC(=O)OCc1ccccc1. The van der Waals surface area contributed by atoms with E-state index in [4.69, 9.17) is 26.4 Å². The van der Waals surface area contributed by atoms with E-state index in [9.17, 15) is 4.79 Å². The molecule has 2 rings (SSSR count). The van der Waals surface area contributed by atoms with E-state index in [1.165, 1.54) is 0 Å². The number of carbonyl (C=O) groups is 1. The molecule has 0 saturated carbocycles. The molecule has 0 aromatic heterocycles. The predicted octanol–water partition coefficient (Wildman–Crippen LogP) is 2.80. The third-order valence-electron chi connectivity index (χ3n) is 3.40. The lowest BCUT2D eigenvalue weighted by Crippen LogP contribution is -2.39. The molecular weight excluding hydrogens is 302 g/mol. The van der Waals surface area contributed by atoms with Gasteiger partial charge < -0.3 is 19.5 Å². The van der Waals surface area contributed by atoms with Crippen LogP contribution in [0.4, 0.5) is 4.79 Å². The van der Waals surface area contributed by atoms with Crippen LogP contribution in [0.15, 0.2) is 43.0 Å². The molecule has 0 radical (unpaired) electrons. The quantitative estimate of drug-likeness (QED) is 0.645. The van der Waals surface area contributed by atoms with Crippen molar-refractivity contribution in [3.8, 4) is 0 Å². The molecule has 0 aliphatic carbocycles. The Morgan fingerprint density at radius 1 is 1.45 bits per heavy atom. The summed E-state index contributed by atoms with van der Waals surface area (Å²) < 4.78 is 16.0. The Morgan fingerprint density at radius 2 is 2.18 bits per heavy atom. The molecule has 1 N–H and O–H groups in total. The van der Waals surface area contributed by atoms with E-state index in [2.05, 4.69) is 11.9 Å². The highest BCUT2D eigenvalue weighted by atomic mass is 32.1. The molecule has 5 nitrogen and oxygen atoms in total. The fourth-order valence-corrected chi connectivity index (χ4v) is 2.34. The molecule has 1 saturated heterocycles. The number of benzene rings is 1. The lowest BCUT2D eigenvalue weighted by molar-refractivity contribution is 0.109. The molecule has 1 fully saturated rings. The Balaban J connectivity index is 1.77. The third-order valence-corrected chi connectivity index (χ3v) is 3.59. The van der Waals surface area contributed by atoms with Crippen LogP contribution in [0.1, 0.15) is 12.5 Å². The molecule has 1 heterocycles. The fourth-order valence-electron chi connectivity index (χ4n) is 2.10. The first-order valence-electron chi connectivity index (χ1n) is 7.04. The zero-order valence-corrected chi connectivity index (χ0v) is 13.2. The molecule has 0 unspecified atom stereocenters. The average Bonchev–Trinajstić information content (AvgIpc) is 2.92. The predicted molar refractivity (Wildman–Crippen MR) is 86.3 cm³/mol. The summed E-state index contributed by atoms with van der Waals surface area (Å²) in [6, 6.07) is 9.47. The van der Waals surface area contributed by atoms with Crippen LogP contribution in [0, 0.1) is 5.92 Å². The minimum absolute atomic E-state index is 0.0626. The molecule has 118 valence electrons. The van der Waals surface area contributed by atoms with Crippen molar-refractivity contribution < 1.29 is 19.0 Å². The second kappa shape index (κ2) is 7.79. The zero-order chi connectivity index (χ0) is 15.9. The number of nitrogens with one attached hydrogen (secondary N) is 1. The van der Waals surface area contributed by atoms with E-state index in [1.54, 1.807) is 6.08 Å². The molecule has 1 aromatic rings. The molecule has 1 aliphatic rings. The monoisotopic (exact) mass is 321 g/mol. The molecule has 1 amide bonds. The van der Waals surface area contributed by atoms with Crippen molar-refractivity contribution in [3.63, 3.8) is 0 Å². The van der Waals surface area contributed by atoms with Gasteiger partial charge in [0.2, 0.25) is 0 Å². The second-order valence-electron chi connectivity index (χ2n) is 5.03. The van der Waals surface area contributed by atoms with Gasteiger partial charge in [0.1, 0.15) is 12.7 Å². The Labute approximate surface area is 135 Å². The Morgan fingerprint density at radius 3 is 2.86 bits per heavy atom. The van der Waals surface area contributed by atoms with Crippen LogP contribution in [-0.2, 0) is 20.8 Å². The highest BCUT2D eigenvalue weighted by Crippen LogP contribution is 2.22. The summed E-state index contributed by atoms with van der Waals surface area (Å²) in [6.45, 7) is 6.17. The van der Waals surface area contributed by atoms with Gasteiger partial charge in [-0.15, -0.1) is 6.58 Å². The fraction of sp³-hybridized carbons (Fsp3) is 0.375. The van der Waals surface area contributed by atoms with Crippen molar-refractivity contribution in [2.45, 2.75) is 25.7 Å². The minimum atomic E-state index is -0.504. The van der Waals surface area contributed by atoms with Crippen LogP contribution >= 0.6 is 12.2 Å². The number of hydrogen-bond acceptors (Lipinski definition) is 5. The van der Waals surface area contributed by atoms with Crippen molar-refractivity contribution in [3.05, 3.63) is 48.6 Å². The van der Waals surface area contributed by atoms with Gasteiger partial charge in [0.15, 0.2) is 6.10 Å². The molecule has 22 heavy (non-hydrogen) atoms. The van der Waals surface area contributed by atoms with E-state index < -0.39 is 6.09 Å². The summed E-state index contributed by atoms with van der Waals surface area (Å²) in [4.78, 5) is 11.7. The first kappa shape index (κ1) is 16.3. The van der Waals surface area contributed by atoms with E-state index >= 15 is 0 Å². The number of carbonyl (C=O) groups excluding carboxylic acids is 1. The Hall–Kier alpha value is -2.08. The minimum Gasteiger partial charge on any atom is -0.449 e. The van der Waals surface area contributed by atoms with Gasteiger partial charge in [-0.05, 0) is 5.56 Å². The van der Waals surface area contributed by atoms with Gasteiger partial charge in [0, 0.05) is 18.1 Å². The Bertz CT molecular complexity index is 534. The maximum atomic E-state index is 11.7. The van der Waals surface area contributed by atoms with Crippen molar-refractivity contribution in [2.75, 3.05) is 6.54 Å². The summed E-state index contributed by atoms with van der Waals surface area (Å²) in [6.07, 6.45) is 0.669. The van der Waals surface area contributed by atoms with Gasteiger partial charge >= 0.3 is 11.3 Å². The first-order valence-corrected chi connectivity index (χ1v) is 7.45. The smallest absolute Gasteiger partial charge is 0.407 e. The third kappa shape index (κ3) is 4.46. The van der Waals surface area contributed by atoms with Gasteiger partial charge in [-0.1, -0.05) is 43.3 Å². The highest BCUT2D eigenvalue weighted by molar-refractivity contribution is 7.79. The van der Waals surface area contributed by atoms with E-state index in [0.29, 0.717) is 0 Å². The van der Waals surface area contributed by atoms with Gasteiger partial charge in [0.05, 0.1) is 6.54 Å². The zero-order valence-electron chi connectivity index (χ0n) is 12.4. The summed E-state index contributed by atoms with van der Waals surface area (Å²) in [7, 11) is 0. The number of amides is 1. The van der Waals surface area contributed by atoms with Crippen LogP contribution in [0.5, 0.6) is 0 Å². The van der Waals surface area contributed by atoms with Crippen LogP contribution in [0.25, 0.3) is 0 Å². The first-order chi connectivity index (χ1) is 10.6. The van der Waals surface area contributed by atoms with Crippen LogP contribution in [0.2, 0.25) is 0 Å². The molecule has 0 spiro atoms. The summed E-state index contributed by atoms with van der Waals surface area (Å²) in [5, 5.41) is 2.76. The normalized spacial score (nSPS) is 21.4. The average molecular weight is 321 g/mol. The van der Waals surface area contributed by atoms with Gasteiger partial charge in [-0.2, -0.15) is 0 Å². The lowest BCUT2D eigenvalue weighted by Gasteiger charge is -2.19.